The summed E-state index contributed by atoms with van der Waals surface area (Å²) in [7, 11) is 0. The Hall–Kier alpha value is -1.95. The Balaban J connectivity index is 2.18. The lowest BCUT2D eigenvalue weighted by atomic mass is 10.3. The van der Waals surface area contributed by atoms with Crippen molar-refractivity contribution in [3.8, 4) is 0 Å². The lowest BCUT2D eigenvalue weighted by Gasteiger charge is -2.00. The molecule has 0 saturated heterocycles. The second-order valence-electron chi connectivity index (χ2n) is 3.28. The summed E-state index contributed by atoms with van der Waals surface area (Å²) in [5.74, 6) is -1.59. The van der Waals surface area contributed by atoms with Crippen LogP contribution in [-0.2, 0) is 0 Å². The summed E-state index contributed by atoms with van der Waals surface area (Å²) in [5, 5.41) is -0.561. The third-order valence-electron chi connectivity index (χ3n) is 2.04. The van der Waals surface area contributed by atoms with Crippen LogP contribution in [-0.4, -0.2) is 11.4 Å². The molecule has 0 aliphatic carbocycles. The van der Waals surface area contributed by atoms with E-state index in [-0.39, 0.29) is 16.4 Å². The molecule has 0 saturated carbocycles. The fourth-order valence-electron chi connectivity index (χ4n) is 1.23. The highest BCUT2D eigenvalue weighted by molar-refractivity contribution is 8.14. The zero-order valence-corrected chi connectivity index (χ0v) is 9.67. The minimum absolute atomic E-state index is 0.00884. The lowest BCUT2D eigenvalue weighted by Crippen LogP contribution is -1.92. The molecule has 18 heavy (non-hydrogen) atoms. The van der Waals surface area contributed by atoms with Gasteiger partial charge in [0.2, 0.25) is 0 Å². The third-order valence-corrected chi connectivity index (χ3v) is 2.98. The van der Waals surface area contributed by atoms with Gasteiger partial charge in [-0.1, -0.05) is 0 Å². The van der Waals surface area contributed by atoms with Gasteiger partial charge in [-0.15, -0.1) is 0 Å². The number of hydrogen-bond acceptors (Lipinski definition) is 4. The first-order valence-electron chi connectivity index (χ1n) is 4.82. The first-order chi connectivity index (χ1) is 8.60. The van der Waals surface area contributed by atoms with Gasteiger partial charge in [0.25, 0.3) is 5.12 Å². The molecule has 0 N–H and O–H groups in total. The summed E-state index contributed by atoms with van der Waals surface area (Å²) in [6.07, 6.45) is 0.458. The van der Waals surface area contributed by atoms with Crippen LogP contribution in [0.15, 0.2) is 39.6 Å². The van der Waals surface area contributed by atoms with Crippen LogP contribution in [0.5, 0.6) is 0 Å². The van der Waals surface area contributed by atoms with Gasteiger partial charge in [-0.3, -0.25) is 9.59 Å². The van der Waals surface area contributed by atoms with Crippen molar-refractivity contribution in [3.05, 3.63) is 53.5 Å². The predicted molar refractivity (Wildman–Crippen MR) is 60.6 cm³/mol. The maximum atomic E-state index is 13.3. The minimum Gasteiger partial charge on any atom is -0.449 e. The van der Waals surface area contributed by atoms with E-state index >= 15 is 0 Å². The summed E-state index contributed by atoms with van der Waals surface area (Å²) in [6.45, 7) is 0. The molecule has 0 unspecified atom stereocenters. The molecule has 0 aliphatic rings. The molecule has 0 radical (unpaired) electrons. The quantitative estimate of drug-likeness (QED) is 0.633. The summed E-state index contributed by atoms with van der Waals surface area (Å²) in [4.78, 5) is 22.0. The van der Waals surface area contributed by atoms with Crippen LogP contribution in [0, 0.1) is 11.6 Å². The van der Waals surface area contributed by atoms with E-state index in [4.69, 9.17) is 4.42 Å². The van der Waals surface area contributed by atoms with E-state index in [0.29, 0.717) is 24.1 Å². The number of rotatable bonds is 3. The summed E-state index contributed by atoms with van der Waals surface area (Å²) < 4.78 is 30.9. The standard InChI is InChI=1S/C12H6F2O3S/c13-7-1-4-11(9(14)5-7)18-12(16)10-3-2-8(6-15)17-10/h1-6H. The number of halogens is 2. The van der Waals surface area contributed by atoms with E-state index in [1.807, 2.05) is 0 Å². The highest BCUT2D eigenvalue weighted by Crippen LogP contribution is 2.26. The third kappa shape index (κ3) is 2.65. The highest BCUT2D eigenvalue weighted by Gasteiger charge is 2.15. The molecule has 1 aromatic heterocycles. The SMILES string of the molecule is O=Cc1ccc(C(=O)Sc2ccc(F)cc2F)o1. The Morgan fingerprint density at radius 2 is 2.00 bits per heavy atom. The van der Waals surface area contributed by atoms with Gasteiger partial charge in [0.15, 0.2) is 17.8 Å². The van der Waals surface area contributed by atoms with Crippen LogP contribution in [0.3, 0.4) is 0 Å². The number of carbonyl (C=O) groups excluding carboxylic acids is 2. The molecule has 0 bridgehead atoms. The zero-order valence-electron chi connectivity index (χ0n) is 8.85. The normalized spacial score (nSPS) is 10.3. The number of aldehydes is 1. The minimum atomic E-state index is -0.824. The highest BCUT2D eigenvalue weighted by atomic mass is 32.2. The predicted octanol–water partition coefficient (Wildman–Crippen LogP) is 3.30. The van der Waals surface area contributed by atoms with Crippen LogP contribution in [0.25, 0.3) is 0 Å². The number of furan rings is 1. The van der Waals surface area contributed by atoms with Crippen molar-refractivity contribution in [3.63, 3.8) is 0 Å². The Labute approximate surface area is 105 Å². The Morgan fingerprint density at radius 1 is 1.22 bits per heavy atom. The number of hydrogen-bond donors (Lipinski definition) is 0. The maximum absolute atomic E-state index is 13.3. The summed E-state index contributed by atoms with van der Waals surface area (Å²) in [6, 6.07) is 5.56. The first-order valence-corrected chi connectivity index (χ1v) is 5.64. The van der Waals surface area contributed by atoms with Gasteiger partial charge in [-0.2, -0.15) is 0 Å². The topological polar surface area (TPSA) is 47.3 Å². The molecule has 2 aromatic rings. The lowest BCUT2D eigenvalue weighted by molar-refractivity contribution is 0.105. The van der Waals surface area contributed by atoms with Gasteiger partial charge in [-0.25, -0.2) is 8.78 Å². The Kier molecular flexibility index (Phi) is 3.57. The van der Waals surface area contributed by atoms with Crippen molar-refractivity contribution in [2.45, 2.75) is 4.90 Å². The van der Waals surface area contributed by atoms with Crippen LogP contribution < -0.4 is 0 Å². The molecule has 1 aromatic carbocycles. The zero-order chi connectivity index (χ0) is 13.1. The van der Waals surface area contributed by atoms with Gasteiger partial charge < -0.3 is 4.42 Å². The molecule has 6 heteroatoms. The average molecular weight is 268 g/mol. The summed E-state index contributed by atoms with van der Waals surface area (Å²) in [5.41, 5.74) is 0. The van der Waals surface area contributed by atoms with Crippen LogP contribution >= 0.6 is 11.8 Å². The van der Waals surface area contributed by atoms with E-state index in [1.54, 1.807) is 0 Å². The number of thioether (sulfide) groups is 1. The van der Waals surface area contributed by atoms with Crippen molar-refractivity contribution in [2.24, 2.45) is 0 Å². The second-order valence-corrected chi connectivity index (χ2v) is 4.30. The first kappa shape index (κ1) is 12.5. The van der Waals surface area contributed by atoms with Crippen LogP contribution in [0.2, 0.25) is 0 Å². The molecule has 0 spiro atoms. The van der Waals surface area contributed by atoms with Gasteiger partial charge in [-0.05, 0) is 36.0 Å². The Morgan fingerprint density at radius 3 is 2.61 bits per heavy atom. The molecular formula is C12H6F2O3S. The molecule has 2 rings (SSSR count). The molecule has 0 atom stereocenters. The van der Waals surface area contributed by atoms with E-state index in [9.17, 15) is 18.4 Å². The largest absolute Gasteiger partial charge is 0.449 e. The van der Waals surface area contributed by atoms with Crippen molar-refractivity contribution >= 4 is 23.2 Å². The molecule has 1 heterocycles. The molecule has 92 valence electrons. The van der Waals surface area contributed by atoms with Gasteiger partial charge in [0.1, 0.15) is 11.6 Å². The fourth-order valence-corrected chi connectivity index (χ4v) is 1.94. The van der Waals surface area contributed by atoms with Gasteiger partial charge >= 0.3 is 0 Å². The maximum Gasteiger partial charge on any atom is 0.259 e. The van der Waals surface area contributed by atoms with E-state index in [0.717, 1.165) is 12.1 Å². The number of carbonyl (C=O) groups is 2. The van der Waals surface area contributed by atoms with E-state index in [1.165, 1.54) is 12.1 Å². The monoisotopic (exact) mass is 268 g/mol. The molecule has 3 nitrogen and oxygen atoms in total. The van der Waals surface area contributed by atoms with Crippen molar-refractivity contribution in [2.75, 3.05) is 0 Å². The molecule has 0 fully saturated rings. The van der Waals surface area contributed by atoms with Crippen molar-refractivity contribution < 1.29 is 22.8 Å². The van der Waals surface area contributed by atoms with Gasteiger partial charge in [0.05, 0.1) is 4.90 Å². The second kappa shape index (κ2) is 5.14. The molecule has 0 aliphatic heterocycles. The van der Waals surface area contributed by atoms with Crippen LogP contribution in [0.4, 0.5) is 8.78 Å². The van der Waals surface area contributed by atoms with Gasteiger partial charge in [0, 0.05) is 6.07 Å². The molecule has 0 amide bonds. The Bertz CT molecular complexity index is 607. The molecular weight excluding hydrogens is 262 g/mol. The van der Waals surface area contributed by atoms with Crippen molar-refractivity contribution in [1.82, 2.24) is 0 Å². The summed E-state index contributed by atoms with van der Waals surface area (Å²) >= 11 is 0.566. The fraction of sp³-hybridized carbons (Fsp3) is 0. The smallest absolute Gasteiger partial charge is 0.259 e. The van der Waals surface area contributed by atoms with Crippen molar-refractivity contribution in [1.29, 1.82) is 0 Å². The van der Waals surface area contributed by atoms with E-state index < -0.39 is 16.7 Å². The number of benzene rings is 1. The van der Waals surface area contributed by atoms with E-state index in [2.05, 4.69) is 0 Å². The average Bonchev–Trinajstić information content (AvgIpc) is 2.81. The van der Waals surface area contributed by atoms with Crippen LogP contribution in [0.1, 0.15) is 21.1 Å².